The van der Waals surface area contributed by atoms with E-state index in [9.17, 15) is 4.79 Å². The van der Waals surface area contributed by atoms with Crippen molar-refractivity contribution in [3.05, 3.63) is 65.7 Å². The fourth-order valence-electron chi connectivity index (χ4n) is 4.10. The number of nitrogens with one attached hydrogen (secondary N) is 1. The number of hydrogen-bond acceptors (Lipinski definition) is 2. The van der Waals surface area contributed by atoms with E-state index >= 15 is 0 Å². The summed E-state index contributed by atoms with van der Waals surface area (Å²) < 4.78 is 0. The highest BCUT2D eigenvalue weighted by Crippen LogP contribution is 2.19. The minimum absolute atomic E-state index is 0.0167. The molecule has 3 N–H and O–H groups in total. The van der Waals surface area contributed by atoms with Crippen molar-refractivity contribution in [3.63, 3.8) is 0 Å². The average Bonchev–Trinajstić information content (AvgIpc) is 2.84. The molecule has 0 unspecified atom stereocenters. The number of rotatable bonds is 17. The summed E-state index contributed by atoms with van der Waals surface area (Å²) in [5.74, 6) is -0.0167. The molecule has 33 heavy (non-hydrogen) atoms. The summed E-state index contributed by atoms with van der Waals surface area (Å²) in [6.07, 6.45) is 19.2. The van der Waals surface area contributed by atoms with Crippen LogP contribution in [0.2, 0.25) is 0 Å². The number of hydrogen-bond donors (Lipinski definition) is 2. The number of carbonyl (C=O) groups excluding carboxylic acids is 1. The monoisotopic (exact) mass is 448 g/mol. The van der Waals surface area contributed by atoms with Crippen LogP contribution < -0.4 is 11.1 Å². The van der Waals surface area contributed by atoms with Crippen LogP contribution in [0.5, 0.6) is 0 Å². The van der Waals surface area contributed by atoms with E-state index in [1.54, 1.807) is 0 Å². The van der Waals surface area contributed by atoms with Crippen molar-refractivity contribution >= 4 is 23.2 Å². The van der Waals surface area contributed by atoms with Crippen molar-refractivity contribution in [2.45, 2.75) is 90.4 Å². The Balaban J connectivity index is 1.64. The van der Waals surface area contributed by atoms with E-state index in [-0.39, 0.29) is 5.91 Å². The van der Waals surface area contributed by atoms with Gasteiger partial charge >= 0.3 is 0 Å². The van der Waals surface area contributed by atoms with E-state index in [2.05, 4.69) is 12.2 Å². The van der Waals surface area contributed by atoms with Gasteiger partial charge in [0.15, 0.2) is 0 Å². The Morgan fingerprint density at radius 3 is 1.79 bits per heavy atom. The molecule has 0 aliphatic heterocycles. The van der Waals surface area contributed by atoms with Gasteiger partial charge in [0, 0.05) is 17.8 Å². The van der Waals surface area contributed by atoms with Crippen molar-refractivity contribution in [1.29, 1.82) is 0 Å². The minimum atomic E-state index is -0.0167. The molecule has 2 aromatic rings. The Kier molecular flexibility index (Phi) is 13.8. The molecule has 3 nitrogen and oxygen atoms in total. The fraction of sp³-hybridized carbons (Fsp3) is 0.500. The second-order valence-corrected chi connectivity index (χ2v) is 9.09. The molecule has 2 rings (SSSR count). The Morgan fingerprint density at radius 1 is 0.727 bits per heavy atom. The number of benzene rings is 2. The molecule has 0 radical (unpaired) electrons. The van der Waals surface area contributed by atoms with Crippen molar-refractivity contribution < 1.29 is 4.79 Å². The second kappa shape index (κ2) is 17.0. The highest BCUT2D eigenvalue weighted by atomic mass is 16.1. The fourth-order valence-corrected chi connectivity index (χ4v) is 4.10. The molecule has 0 spiro atoms. The highest BCUT2D eigenvalue weighted by Gasteiger charge is 2.11. The molecule has 0 aromatic heterocycles. The first-order chi connectivity index (χ1) is 16.2. The molecular formula is C30H44N2O. The molecule has 0 saturated heterocycles. The van der Waals surface area contributed by atoms with Crippen molar-refractivity contribution in [2.75, 3.05) is 12.3 Å². The Bertz CT molecular complexity index is 796. The third kappa shape index (κ3) is 11.8. The van der Waals surface area contributed by atoms with Crippen molar-refractivity contribution in [2.24, 2.45) is 0 Å². The second-order valence-electron chi connectivity index (χ2n) is 9.09. The molecule has 0 heterocycles. The number of unbranched alkanes of at least 4 members (excludes halogenated alkanes) is 12. The molecule has 0 aliphatic carbocycles. The first-order valence-electron chi connectivity index (χ1n) is 13.1. The van der Waals surface area contributed by atoms with Gasteiger partial charge < -0.3 is 11.1 Å². The lowest BCUT2D eigenvalue weighted by atomic mass is 10.0. The summed E-state index contributed by atoms with van der Waals surface area (Å²) in [5, 5.41) is 3.12. The summed E-state index contributed by atoms with van der Waals surface area (Å²) in [7, 11) is 0. The van der Waals surface area contributed by atoms with Gasteiger partial charge in [-0.1, -0.05) is 126 Å². The minimum Gasteiger partial charge on any atom is -0.399 e. The third-order valence-corrected chi connectivity index (χ3v) is 6.14. The van der Waals surface area contributed by atoms with E-state index in [4.69, 9.17) is 5.73 Å². The van der Waals surface area contributed by atoms with Crippen LogP contribution in [0.4, 0.5) is 5.69 Å². The molecular weight excluding hydrogens is 404 g/mol. The van der Waals surface area contributed by atoms with E-state index in [1.165, 1.54) is 77.0 Å². The Morgan fingerprint density at radius 2 is 1.24 bits per heavy atom. The molecule has 0 aliphatic rings. The van der Waals surface area contributed by atoms with Crippen LogP contribution in [-0.2, 0) is 4.79 Å². The van der Waals surface area contributed by atoms with Gasteiger partial charge in [-0.2, -0.15) is 0 Å². The topological polar surface area (TPSA) is 55.1 Å². The number of anilines is 1. The van der Waals surface area contributed by atoms with Crippen LogP contribution in [0.1, 0.15) is 102 Å². The standard InChI is InChI=1S/C30H44N2O/c1-2-3-4-5-6-7-8-9-10-11-12-13-17-24-32-30(33)29(27-18-15-14-16-19-27)25-26-20-22-28(31)23-21-26/h14-16,18-23,25H,2-13,17,24,31H2,1H3,(H,32,33)/b29-25+. The summed E-state index contributed by atoms with van der Waals surface area (Å²) in [4.78, 5) is 12.9. The molecule has 0 bridgehead atoms. The molecule has 0 atom stereocenters. The lowest BCUT2D eigenvalue weighted by Gasteiger charge is -2.10. The maximum Gasteiger partial charge on any atom is 0.251 e. The van der Waals surface area contributed by atoms with E-state index in [1.807, 2.05) is 60.7 Å². The Hall–Kier alpha value is -2.55. The van der Waals surface area contributed by atoms with Crippen molar-refractivity contribution in [3.8, 4) is 0 Å². The molecule has 3 heteroatoms. The zero-order valence-corrected chi connectivity index (χ0v) is 20.7. The maximum absolute atomic E-state index is 12.9. The average molecular weight is 449 g/mol. The van der Waals surface area contributed by atoms with E-state index < -0.39 is 0 Å². The number of carbonyl (C=O) groups is 1. The van der Waals surface area contributed by atoms with Crippen LogP contribution in [0.3, 0.4) is 0 Å². The smallest absolute Gasteiger partial charge is 0.251 e. The van der Waals surface area contributed by atoms with Crippen LogP contribution in [0.25, 0.3) is 11.6 Å². The van der Waals surface area contributed by atoms with Gasteiger partial charge in [-0.05, 0) is 35.8 Å². The zero-order chi connectivity index (χ0) is 23.6. The normalized spacial score (nSPS) is 11.5. The predicted molar refractivity (Wildman–Crippen MR) is 144 cm³/mol. The van der Waals surface area contributed by atoms with Crippen molar-refractivity contribution in [1.82, 2.24) is 5.32 Å². The van der Waals surface area contributed by atoms with Gasteiger partial charge in [0.05, 0.1) is 0 Å². The first kappa shape index (κ1) is 26.7. The van der Waals surface area contributed by atoms with E-state index in [0.29, 0.717) is 5.57 Å². The number of nitrogens with two attached hydrogens (primary N) is 1. The zero-order valence-electron chi connectivity index (χ0n) is 20.7. The first-order valence-corrected chi connectivity index (χ1v) is 13.1. The lowest BCUT2D eigenvalue weighted by Crippen LogP contribution is -2.25. The summed E-state index contributed by atoms with van der Waals surface area (Å²) in [6, 6.07) is 17.5. The van der Waals surface area contributed by atoms with Gasteiger partial charge in [-0.3, -0.25) is 4.79 Å². The van der Waals surface area contributed by atoms with Gasteiger partial charge in [0.2, 0.25) is 0 Å². The van der Waals surface area contributed by atoms with E-state index in [0.717, 1.165) is 29.8 Å². The van der Waals surface area contributed by atoms with Gasteiger partial charge in [0.25, 0.3) is 5.91 Å². The predicted octanol–water partition coefficient (Wildman–Crippen LogP) is 8.02. The quantitative estimate of drug-likeness (QED) is 0.111. The van der Waals surface area contributed by atoms with Crippen LogP contribution in [-0.4, -0.2) is 12.5 Å². The molecule has 0 fully saturated rings. The number of amides is 1. The molecule has 180 valence electrons. The maximum atomic E-state index is 12.9. The van der Waals surface area contributed by atoms with Crippen LogP contribution in [0.15, 0.2) is 54.6 Å². The summed E-state index contributed by atoms with van der Waals surface area (Å²) in [6.45, 7) is 3.00. The SMILES string of the molecule is CCCCCCCCCCCCCCCNC(=O)/C(=C/c1ccc(N)cc1)c1ccccc1. The van der Waals surface area contributed by atoms with Gasteiger partial charge in [-0.25, -0.2) is 0 Å². The largest absolute Gasteiger partial charge is 0.399 e. The molecule has 1 amide bonds. The highest BCUT2D eigenvalue weighted by molar-refractivity contribution is 6.24. The van der Waals surface area contributed by atoms with Crippen LogP contribution in [0, 0.1) is 0 Å². The summed E-state index contributed by atoms with van der Waals surface area (Å²) >= 11 is 0. The van der Waals surface area contributed by atoms with Crippen LogP contribution >= 0.6 is 0 Å². The third-order valence-electron chi connectivity index (χ3n) is 6.14. The Labute approximate surface area is 201 Å². The summed E-state index contributed by atoms with van der Waals surface area (Å²) in [5.41, 5.74) is 9.11. The molecule has 2 aromatic carbocycles. The molecule has 0 saturated carbocycles. The van der Waals surface area contributed by atoms with Gasteiger partial charge in [-0.15, -0.1) is 0 Å². The van der Waals surface area contributed by atoms with Gasteiger partial charge in [0.1, 0.15) is 0 Å². The number of nitrogen functional groups attached to an aromatic ring is 1. The lowest BCUT2D eigenvalue weighted by molar-refractivity contribution is -0.115.